The van der Waals surface area contributed by atoms with Gasteiger partial charge in [0.2, 0.25) is 11.8 Å². The second-order valence-corrected chi connectivity index (χ2v) is 10.9. The summed E-state index contributed by atoms with van der Waals surface area (Å²) >= 11 is 0. The molecule has 8 nitrogen and oxygen atoms in total. The van der Waals surface area contributed by atoms with Crippen LogP contribution in [0.2, 0.25) is 0 Å². The largest absolute Gasteiger partial charge is 0.444 e. The molecule has 43 heavy (non-hydrogen) atoms. The number of piperidine rings is 1. The molecule has 0 bridgehead atoms. The predicted octanol–water partition coefficient (Wildman–Crippen LogP) is 4.63. The number of alkyl halides is 6. The molecule has 0 radical (unpaired) electrons. The number of ether oxygens (including phenoxy) is 1. The SMILES string of the molecule is O=C1C(C2CCCNC2)N2C(=O)CCN(C(=O)OCc3cc(C(F)(F)F)cc(C(F)(F)F)c3)C2CN1Cc1ccccc1. The Bertz CT molecular complexity index is 1310. The van der Waals surface area contributed by atoms with Gasteiger partial charge < -0.3 is 19.9 Å². The molecule has 3 aliphatic heterocycles. The van der Waals surface area contributed by atoms with Gasteiger partial charge in [0.05, 0.1) is 17.7 Å². The number of amides is 3. The van der Waals surface area contributed by atoms with Gasteiger partial charge >= 0.3 is 18.4 Å². The van der Waals surface area contributed by atoms with Crippen molar-refractivity contribution in [3.63, 3.8) is 0 Å². The molecule has 14 heteroatoms. The number of carbonyl (C=O) groups is 3. The van der Waals surface area contributed by atoms with E-state index in [0.29, 0.717) is 25.1 Å². The Balaban J connectivity index is 1.40. The molecule has 1 N–H and O–H groups in total. The Morgan fingerprint density at radius 1 is 0.953 bits per heavy atom. The van der Waals surface area contributed by atoms with Crippen molar-refractivity contribution in [1.29, 1.82) is 0 Å². The first-order valence-electron chi connectivity index (χ1n) is 13.9. The van der Waals surface area contributed by atoms with Crippen LogP contribution in [0.5, 0.6) is 0 Å². The lowest BCUT2D eigenvalue weighted by Gasteiger charge is -2.53. The number of piperazine rings is 1. The van der Waals surface area contributed by atoms with Crippen LogP contribution in [0.1, 0.15) is 41.5 Å². The molecular weight excluding hydrogens is 582 g/mol. The lowest BCUT2D eigenvalue weighted by molar-refractivity contribution is -0.172. The highest BCUT2D eigenvalue weighted by Crippen LogP contribution is 2.37. The lowest BCUT2D eigenvalue weighted by atomic mass is 9.86. The highest BCUT2D eigenvalue weighted by atomic mass is 19.4. The van der Waals surface area contributed by atoms with E-state index in [1.807, 2.05) is 30.3 Å². The van der Waals surface area contributed by atoms with Gasteiger partial charge in [-0.15, -0.1) is 0 Å². The molecule has 3 saturated heterocycles. The molecule has 0 aliphatic carbocycles. The van der Waals surface area contributed by atoms with Crippen LogP contribution in [0, 0.1) is 5.92 Å². The lowest BCUT2D eigenvalue weighted by Crippen LogP contribution is -2.73. The molecule has 3 aliphatic rings. The molecule has 0 spiro atoms. The zero-order chi connectivity index (χ0) is 30.9. The molecule has 2 aromatic carbocycles. The molecule has 5 rings (SSSR count). The quantitative estimate of drug-likeness (QED) is 0.499. The van der Waals surface area contributed by atoms with Crippen LogP contribution in [-0.2, 0) is 39.8 Å². The standard InChI is InChI=1S/C29H30F6N4O4/c30-28(31,32)21-11-19(12-22(13-21)29(33,34)35)17-43-27(42)38-10-8-24(40)39-23(38)16-37(15-18-5-2-1-3-6-18)26(41)25(39)20-7-4-9-36-14-20/h1-3,5-6,11-13,20,23,25,36H,4,7-10,14-17H2. The molecule has 3 heterocycles. The first-order chi connectivity index (χ1) is 20.3. The van der Waals surface area contributed by atoms with Crippen molar-refractivity contribution >= 4 is 17.9 Å². The van der Waals surface area contributed by atoms with Crippen LogP contribution in [0.4, 0.5) is 31.1 Å². The van der Waals surface area contributed by atoms with Crippen molar-refractivity contribution in [2.45, 2.75) is 57.0 Å². The van der Waals surface area contributed by atoms with Crippen molar-refractivity contribution in [3.05, 3.63) is 70.8 Å². The number of hydrogen-bond donors (Lipinski definition) is 1. The van der Waals surface area contributed by atoms with Gasteiger partial charge in [0.25, 0.3) is 0 Å². The Kier molecular flexibility index (Phi) is 8.59. The summed E-state index contributed by atoms with van der Waals surface area (Å²) < 4.78 is 85.1. The first kappa shape index (κ1) is 30.6. The number of carbonyl (C=O) groups excluding carboxylic acids is 3. The Hall–Kier alpha value is -3.81. The smallest absolute Gasteiger partial charge is 0.416 e. The monoisotopic (exact) mass is 612 g/mol. The van der Waals surface area contributed by atoms with E-state index in [1.165, 1.54) is 9.80 Å². The summed E-state index contributed by atoms with van der Waals surface area (Å²) in [6.45, 7) is 0.513. The fourth-order valence-electron chi connectivity index (χ4n) is 6.00. The number of rotatable bonds is 5. The third-order valence-electron chi connectivity index (χ3n) is 8.03. The molecule has 3 amide bonds. The summed E-state index contributed by atoms with van der Waals surface area (Å²) in [6, 6.07) is 9.33. The Morgan fingerprint density at radius 2 is 1.63 bits per heavy atom. The molecule has 0 aromatic heterocycles. The topological polar surface area (TPSA) is 82.2 Å². The van der Waals surface area contributed by atoms with Crippen LogP contribution in [0.25, 0.3) is 0 Å². The van der Waals surface area contributed by atoms with Gasteiger partial charge in [-0.3, -0.25) is 14.5 Å². The normalized spacial score (nSPS) is 23.3. The third-order valence-corrected chi connectivity index (χ3v) is 8.03. The summed E-state index contributed by atoms with van der Waals surface area (Å²) in [6.07, 6.45) is -10.7. The van der Waals surface area contributed by atoms with Gasteiger partial charge in [0, 0.05) is 32.0 Å². The number of hydrogen-bond acceptors (Lipinski definition) is 5. The molecule has 3 atom stereocenters. The van der Waals surface area contributed by atoms with E-state index in [9.17, 15) is 40.7 Å². The molecule has 232 valence electrons. The number of benzene rings is 2. The Labute approximate surface area is 243 Å². The van der Waals surface area contributed by atoms with E-state index < -0.39 is 54.0 Å². The fraction of sp³-hybridized carbons (Fsp3) is 0.483. The highest BCUT2D eigenvalue weighted by molar-refractivity contribution is 5.91. The number of fused-ring (bicyclic) bond motifs is 1. The Morgan fingerprint density at radius 3 is 2.23 bits per heavy atom. The van der Waals surface area contributed by atoms with E-state index >= 15 is 0 Å². The average molecular weight is 613 g/mol. The van der Waals surface area contributed by atoms with Crippen LogP contribution in [-0.4, -0.2) is 71.0 Å². The van der Waals surface area contributed by atoms with Crippen LogP contribution in [0.15, 0.2) is 48.5 Å². The molecule has 3 unspecified atom stereocenters. The maximum absolute atomic E-state index is 13.8. The van der Waals surface area contributed by atoms with E-state index in [0.717, 1.165) is 18.5 Å². The summed E-state index contributed by atoms with van der Waals surface area (Å²) in [4.78, 5) is 44.6. The van der Waals surface area contributed by atoms with Gasteiger partial charge in [-0.25, -0.2) is 4.79 Å². The minimum atomic E-state index is -5.05. The van der Waals surface area contributed by atoms with Gasteiger partial charge in [-0.1, -0.05) is 30.3 Å². The van der Waals surface area contributed by atoms with Gasteiger partial charge in [-0.2, -0.15) is 26.3 Å². The minimum Gasteiger partial charge on any atom is -0.444 e. The van der Waals surface area contributed by atoms with Crippen LogP contribution >= 0.6 is 0 Å². The third kappa shape index (κ3) is 6.73. The zero-order valence-electron chi connectivity index (χ0n) is 23.0. The number of nitrogens with one attached hydrogen (secondary N) is 1. The van der Waals surface area contributed by atoms with Crippen LogP contribution in [0.3, 0.4) is 0 Å². The number of halogens is 6. The summed E-state index contributed by atoms with van der Waals surface area (Å²) in [5.74, 6) is -0.779. The van der Waals surface area contributed by atoms with Crippen molar-refractivity contribution in [3.8, 4) is 0 Å². The van der Waals surface area contributed by atoms with E-state index in [2.05, 4.69) is 5.32 Å². The van der Waals surface area contributed by atoms with Crippen LogP contribution < -0.4 is 5.32 Å². The van der Waals surface area contributed by atoms with Crippen molar-refractivity contribution in [2.75, 3.05) is 26.2 Å². The van der Waals surface area contributed by atoms with E-state index in [1.54, 1.807) is 4.90 Å². The second kappa shape index (κ2) is 12.1. The maximum Gasteiger partial charge on any atom is 0.416 e. The summed E-state index contributed by atoms with van der Waals surface area (Å²) in [7, 11) is 0. The average Bonchev–Trinajstić information content (AvgIpc) is 2.97. The molecule has 3 fully saturated rings. The zero-order valence-corrected chi connectivity index (χ0v) is 23.0. The van der Waals surface area contributed by atoms with Gasteiger partial charge in [-0.05, 0) is 48.7 Å². The van der Waals surface area contributed by atoms with Crippen molar-refractivity contribution < 1.29 is 45.5 Å². The summed E-state index contributed by atoms with van der Waals surface area (Å²) in [5.41, 5.74) is -2.69. The van der Waals surface area contributed by atoms with E-state index in [-0.39, 0.29) is 49.9 Å². The number of nitrogens with zero attached hydrogens (tertiary/aromatic N) is 3. The van der Waals surface area contributed by atoms with Gasteiger partial charge in [0.15, 0.2) is 0 Å². The first-order valence-corrected chi connectivity index (χ1v) is 13.9. The fourth-order valence-corrected chi connectivity index (χ4v) is 6.00. The van der Waals surface area contributed by atoms with Crippen molar-refractivity contribution in [1.82, 2.24) is 20.0 Å². The van der Waals surface area contributed by atoms with Crippen molar-refractivity contribution in [2.24, 2.45) is 5.92 Å². The van der Waals surface area contributed by atoms with E-state index in [4.69, 9.17) is 4.74 Å². The highest BCUT2D eigenvalue weighted by Gasteiger charge is 2.51. The minimum absolute atomic E-state index is 0.0000659. The predicted molar refractivity (Wildman–Crippen MR) is 140 cm³/mol. The molecular formula is C29H30F6N4O4. The second-order valence-electron chi connectivity index (χ2n) is 10.9. The molecule has 2 aromatic rings. The molecule has 0 saturated carbocycles. The summed E-state index contributed by atoms with van der Waals surface area (Å²) in [5, 5.41) is 3.26. The van der Waals surface area contributed by atoms with Gasteiger partial charge in [0.1, 0.15) is 18.8 Å². The maximum atomic E-state index is 13.8.